The Balaban J connectivity index is 1.58. The van der Waals surface area contributed by atoms with E-state index in [1.165, 1.54) is 25.5 Å². The number of benzene rings is 1. The molecular weight excluding hydrogens is 394 g/mol. The first kappa shape index (κ1) is 20.7. The van der Waals surface area contributed by atoms with E-state index in [4.69, 9.17) is 0 Å². The number of aromatic hydroxyl groups is 1. The summed E-state index contributed by atoms with van der Waals surface area (Å²) in [4.78, 5) is 31.6. The third-order valence-corrected chi connectivity index (χ3v) is 5.47. The highest BCUT2D eigenvalue weighted by Crippen LogP contribution is 2.25. The zero-order valence-corrected chi connectivity index (χ0v) is 17.2. The van der Waals surface area contributed by atoms with Gasteiger partial charge >= 0.3 is 0 Å². The first-order valence-corrected chi connectivity index (χ1v) is 10.5. The third-order valence-electron chi connectivity index (χ3n) is 5.47. The number of aromatic nitrogens is 2. The molecule has 1 amide bonds. The SMILES string of the molecule is O=C(CCN1CCCCC1)N/N=C/c1c(O)n(-c2ccccn2)c(=O)c2ccccc12. The highest BCUT2D eigenvalue weighted by molar-refractivity contribution is 6.01. The van der Waals surface area contributed by atoms with Crippen LogP contribution in [0, 0.1) is 0 Å². The van der Waals surface area contributed by atoms with E-state index in [-0.39, 0.29) is 17.3 Å². The topological polar surface area (TPSA) is 99.8 Å². The van der Waals surface area contributed by atoms with Crippen LogP contribution in [0.15, 0.2) is 58.6 Å². The van der Waals surface area contributed by atoms with Crippen LogP contribution in [-0.2, 0) is 4.79 Å². The van der Waals surface area contributed by atoms with Crippen LogP contribution in [0.2, 0.25) is 0 Å². The van der Waals surface area contributed by atoms with E-state index in [9.17, 15) is 14.7 Å². The number of hydrogen-bond donors (Lipinski definition) is 2. The summed E-state index contributed by atoms with van der Waals surface area (Å²) in [5.74, 6) is -0.173. The Bertz CT molecular complexity index is 1150. The normalized spacial score (nSPS) is 14.8. The average molecular weight is 419 g/mol. The van der Waals surface area contributed by atoms with Gasteiger partial charge in [-0.05, 0) is 44.1 Å². The molecule has 1 fully saturated rings. The Hall–Kier alpha value is -3.52. The van der Waals surface area contributed by atoms with Crippen molar-refractivity contribution in [2.45, 2.75) is 25.7 Å². The maximum Gasteiger partial charge on any atom is 0.267 e. The van der Waals surface area contributed by atoms with Gasteiger partial charge in [0.15, 0.2) is 0 Å². The Morgan fingerprint density at radius 3 is 2.58 bits per heavy atom. The number of likely N-dealkylation sites (tertiary alicyclic amines) is 1. The Kier molecular flexibility index (Phi) is 6.37. The summed E-state index contributed by atoms with van der Waals surface area (Å²) in [7, 11) is 0. The molecule has 1 saturated heterocycles. The molecule has 0 unspecified atom stereocenters. The summed E-state index contributed by atoms with van der Waals surface area (Å²) in [5, 5.41) is 15.9. The van der Waals surface area contributed by atoms with E-state index in [1.54, 1.807) is 48.7 Å². The second-order valence-corrected chi connectivity index (χ2v) is 7.56. The molecule has 8 nitrogen and oxygen atoms in total. The molecule has 160 valence electrons. The number of hydrogen-bond acceptors (Lipinski definition) is 6. The quantitative estimate of drug-likeness (QED) is 0.472. The predicted molar refractivity (Wildman–Crippen MR) is 120 cm³/mol. The molecule has 1 aliphatic rings. The van der Waals surface area contributed by atoms with Crippen LogP contribution in [0.5, 0.6) is 5.88 Å². The summed E-state index contributed by atoms with van der Waals surface area (Å²) >= 11 is 0. The Morgan fingerprint density at radius 1 is 1.10 bits per heavy atom. The molecule has 2 aromatic heterocycles. The molecule has 0 atom stereocenters. The molecular formula is C23H25N5O3. The lowest BCUT2D eigenvalue weighted by atomic mass is 10.1. The lowest BCUT2D eigenvalue weighted by Gasteiger charge is -2.25. The molecule has 0 saturated carbocycles. The molecule has 0 spiro atoms. The molecule has 2 N–H and O–H groups in total. The van der Waals surface area contributed by atoms with Gasteiger partial charge in [0.05, 0.1) is 11.8 Å². The number of hydrazone groups is 1. The van der Waals surface area contributed by atoms with E-state index in [1.807, 2.05) is 0 Å². The van der Waals surface area contributed by atoms with E-state index >= 15 is 0 Å². The summed E-state index contributed by atoms with van der Waals surface area (Å²) < 4.78 is 1.14. The van der Waals surface area contributed by atoms with Crippen molar-refractivity contribution >= 4 is 22.9 Å². The minimum atomic E-state index is -0.380. The maximum atomic E-state index is 13.0. The Morgan fingerprint density at radius 2 is 1.84 bits per heavy atom. The summed E-state index contributed by atoms with van der Waals surface area (Å²) in [6, 6.07) is 12.1. The van der Waals surface area contributed by atoms with Crippen molar-refractivity contribution in [2.24, 2.45) is 5.10 Å². The van der Waals surface area contributed by atoms with E-state index in [0.29, 0.717) is 35.1 Å². The molecule has 31 heavy (non-hydrogen) atoms. The number of carbonyl (C=O) groups is 1. The minimum absolute atomic E-state index is 0.191. The number of piperidine rings is 1. The molecule has 0 bridgehead atoms. The van der Waals surface area contributed by atoms with Crippen LogP contribution >= 0.6 is 0 Å². The van der Waals surface area contributed by atoms with Crippen molar-refractivity contribution < 1.29 is 9.90 Å². The zero-order chi connectivity index (χ0) is 21.6. The number of fused-ring (bicyclic) bond motifs is 1. The van der Waals surface area contributed by atoms with Gasteiger partial charge in [0, 0.05) is 29.9 Å². The molecule has 0 aliphatic carbocycles. The monoisotopic (exact) mass is 419 g/mol. The summed E-state index contributed by atoms with van der Waals surface area (Å²) in [5.41, 5.74) is 2.48. The number of nitrogens with zero attached hydrogens (tertiary/aromatic N) is 4. The molecule has 4 rings (SSSR count). The molecule has 3 heterocycles. The van der Waals surface area contributed by atoms with Gasteiger partial charge in [-0.3, -0.25) is 9.59 Å². The van der Waals surface area contributed by atoms with Gasteiger partial charge in [0.2, 0.25) is 11.8 Å². The van der Waals surface area contributed by atoms with Crippen molar-refractivity contribution in [2.75, 3.05) is 19.6 Å². The Labute approximate surface area is 179 Å². The highest BCUT2D eigenvalue weighted by Gasteiger charge is 2.17. The second-order valence-electron chi connectivity index (χ2n) is 7.56. The van der Waals surface area contributed by atoms with Crippen LogP contribution in [0.25, 0.3) is 16.6 Å². The van der Waals surface area contributed by atoms with Crippen molar-refractivity contribution in [1.82, 2.24) is 19.9 Å². The van der Waals surface area contributed by atoms with Gasteiger partial charge in [0.1, 0.15) is 5.82 Å². The lowest BCUT2D eigenvalue weighted by Crippen LogP contribution is -2.33. The molecule has 8 heteroatoms. The molecule has 1 aliphatic heterocycles. The van der Waals surface area contributed by atoms with Gasteiger partial charge in [-0.2, -0.15) is 5.10 Å². The van der Waals surface area contributed by atoms with Crippen LogP contribution < -0.4 is 11.0 Å². The van der Waals surface area contributed by atoms with Crippen LogP contribution in [0.1, 0.15) is 31.2 Å². The second kappa shape index (κ2) is 9.53. The largest absolute Gasteiger partial charge is 0.494 e. The van der Waals surface area contributed by atoms with Crippen LogP contribution in [0.3, 0.4) is 0 Å². The van der Waals surface area contributed by atoms with Crippen molar-refractivity contribution in [1.29, 1.82) is 0 Å². The lowest BCUT2D eigenvalue weighted by molar-refractivity contribution is -0.121. The predicted octanol–water partition coefficient (Wildman–Crippen LogP) is 2.42. The number of pyridine rings is 2. The molecule has 1 aromatic carbocycles. The van der Waals surface area contributed by atoms with Crippen molar-refractivity contribution in [3.8, 4) is 11.7 Å². The fourth-order valence-corrected chi connectivity index (χ4v) is 3.86. The fourth-order valence-electron chi connectivity index (χ4n) is 3.86. The first-order chi connectivity index (χ1) is 15.1. The van der Waals surface area contributed by atoms with Crippen molar-refractivity contribution in [3.05, 3.63) is 64.6 Å². The van der Waals surface area contributed by atoms with E-state index in [2.05, 4.69) is 20.4 Å². The minimum Gasteiger partial charge on any atom is -0.494 e. The smallest absolute Gasteiger partial charge is 0.267 e. The van der Waals surface area contributed by atoms with Crippen LogP contribution in [-0.4, -0.2) is 51.3 Å². The van der Waals surface area contributed by atoms with Gasteiger partial charge in [0.25, 0.3) is 5.56 Å². The molecule has 3 aromatic rings. The summed E-state index contributed by atoms with van der Waals surface area (Å²) in [6.07, 6.45) is 6.89. The van der Waals surface area contributed by atoms with Crippen LogP contribution in [0.4, 0.5) is 0 Å². The number of nitrogens with one attached hydrogen (secondary N) is 1. The van der Waals surface area contributed by atoms with Gasteiger partial charge < -0.3 is 10.0 Å². The standard InChI is InChI=1S/C23H25N5O3/c29-21(11-15-27-13-6-1-7-14-27)26-25-16-19-17-8-2-3-9-18(17)22(30)28(23(19)31)20-10-4-5-12-24-20/h2-5,8-10,12,16,31H,1,6-7,11,13-15H2,(H,26,29)/b25-16+. The van der Waals surface area contributed by atoms with E-state index < -0.39 is 0 Å². The van der Waals surface area contributed by atoms with Crippen molar-refractivity contribution in [3.63, 3.8) is 0 Å². The number of amides is 1. The van der Waals surface area contributed by atoms with Gasteiger partial charge in [-0.1, -0.05) is 30.7 Å². The third kappa shape index (κ3) is 4.64. The zero-order valence-electron chi connectivity index (χ0n) is 17.2. The number of rotatable bonds is 6. The maximum absolute atomic E-state index is 13.0. The average Bonchev–Trinajstić information content (AvgIpc) is 2.81. The number of carbonyl (C=O) groups excluding carboxylic acids is 1. The van der Waals surface area contributed by atoms with Gasteiger partial charge in [-0.25, -0.2) is 15.0 Å². The first-order valence-electron chi connectivity index (χ1n) is 10.5. The van der Waals surface area contributed by atoms with Gasteiger partial charge in [-0.15, -0.1) is 0 Å². The highest BCUT2D eigenvalue weighted by atomic mass is 16.3. The van der Waals surface area contributed by atoms with E-state index in [0.717, 1.165) is 17.7 Å². The fraction of sp³-hybridized carbons (Fsp3) is 0.304. The summed E-state index contributed by atoms with van der Waals surface area (Å²) in [6.45, 7) is 2.77. The molecule has 0 radical (unpaired) electrons.